The van der Waals surface area contributed by atoms with Crippen molar-refractivity contribution in [3.8, 4) is 5.95 Å². The number of hydrogen-bond donors (Lipinski definition) is 1. The van der Waals surface area contributed by atoms with Gasteiger partial charge in [-0.15, -0.1) is 0 Å². The van der Waals surface area contributed by atoms with Gasteiger partial charge in [0.15, 0.2) is 0 Å². The number of nitrogens with zero attached hydrogens (tertiary/aromatic N) is 4. The highest BCUT2D eigenvalue weighted by Gasteiger charge is 2.29. The second-order valence-electron chi connectivity index (χ2n) is 3.99. The van der Waals surface area contributed by atoms with Gasteiger partial charge in [0.2, 0.25) is 5.91 Å². The third-order valence-electron chi connectivity index (χ3n) is 2.56. The van der Waals surface area contributed by atoms with Gasteiger partial charge in [-0.2, -0.15) is 5.10 Å². The molecule has 1 fully saturated rings. The average molecular weight is 229 g/mol. The topological polar surface area (TPSA) is 72.7 Å². The van der Waals surface area contributed by atoms with E-state index in [1.54, 1.807) is 35.5 Å². The summed E-state index contributed by atoms with van der Waals surface area (Å²) in [6.45, 7) is 0. The van der Waals surface area contributed by atoms with E-state index in [1.165, 1.54) is 0 Å². The summed E-state index contributed by atoms with van der Waals surface area (Å²) in [5.41, 5.74) is 0.623. The van der Waals surface area contributed by atoms with Gasteiger partial charge in [-0.1, -0.05) is 0 Å². The summed E-state index contributed by atoms with van der Waals surface area (Å²) in [6.07, 6.45) is 8.56. The smallest absolute Gasteiger partial charge is 0.250 e. The Bertz CT molecular complexity index is 515. The molecule has 1 amide bonds. The second kappa shape index (κ2) is 3.97. The highest BCUT2D eigenvalue weighted by atomic mass is 16.2. The van der Waals surface area contributed by atoms with Crippen LogP contribution in [-0.4, -0.2) is 25.7 Å². The second-order valence-corrected chi connectivity index (χ2v) is 3.99. The van der Waals surface area contributed by atoms with E-state index < -0.39 is 0 Å². The zero-order valence-corrected chi connectivity index (χ0v) is 9.08. The minimum absolute atomic E-state index is 0.0560. The first kappa shape index (κ1) is 9.95. The van der Waals surface area contributed by atoms with E-state index in [0.717, 1.165) is 12.8 Å². The van der Waals surface area contributed by atoms with Crippen molar-refractivity contribution in [2.75, 3.05) is 5.32 Å². The summed E-state index contributed by atoms with van der Waals surface area (Å²) in [5, 5.41) is 6.80. The molecule has 1 saturated carbocycles. The molecule has 0 aromatic carbocycles. The molecule has 0 unspecified atom stereocenters. The first-order valence-electron chi connectivity index (χ1n) is 5.46. The van der Waals surface area contributed by atoms with E-state index in [2.05, 4.69) is 20.4 Å². The molecule has 0 spiro atoms. The van der Waals surface area contributed by atoms with Crippen molar-refractivity contribution in [2.45, 2.75) is 12.8 Å². The lowest BCUT2D eigenvalue weighted by atomic mass is 10.4. The van der Waals surface area contributed by atoms with Gasteiger partial charge < -0.3 is 5.32 Å². The fourth-order valence-electron chi connectivity index (χ4n) is 1.48. The Morgan fingerprint density at radius 3 is 2.71 bits per heavy atom. The maximum atomic E-state index is 11.5. The Hall–Kier alpha value is -2.24. The number of nitrogens with one attached hydrogen (secondary N) is 1. The number of carbonyl (C=O) groups is 1. The highest BCUT2D eigenvalue weighted by molar-refractivity contribution is 5.93. The van der Waals surface area contributed by atoms with Crippen LogP contribution in [0.2, 0.25) is 0 Å². The van der Waals surface area contributed by atoms with Gasteiger partial charge in [-0.25, -0.2) is 14.6 Å². The zero-order chi connectivity index (χ0) is 11.7. The van der Waals surface area contributed by atoms with Crippen LogP contribution in [0.15, 0.2) is 30.9 Å². The molecular formula is C11H11N5O. The number of amides is 1. The van der Waals surface area contributed by atoms with E-state index >= 15 is 0 Å². The molecule has 86 valence electrons. The molecule has 1 aliphatic carbocycles. The number of anilines is 1. The van der Waals surface area contributed by atoms with Crippen molar-refractivity contribution >= 4 is 11.6 Å². The number of hydrogen-bond acceptors (Lipinski definition) is 4. The van der Waals surface area contributed by atoms with Gasteiger partial charge in [0.1, 0.15) is 0 Å². The van der Waals surface area contributed by atoms with Crippen molar-refractivity contribution < 1.29 is 4.79 Å². The average Bonchev–Trinajstić information content (AvgIpc) is 3.07. The third kappa shape index (κ3) is 2.15. The van der Waals surface area contributed by atoms with Crippen LogP contribution in [0, 0.1) is 5.92 Å². The molecule has 2 aromatic heterocycles. The molecule has 1 N–H and O–H groups in total. The monoisotopic (exact) mass is 229 g/mol. The van der Waals surface area contributed by atoms with Crippen LogP contribution in [0.5, 0.6) is 0 Å². The first-order chi connectivity index (χ1) is 8.33. The fraction of sp³-hybridized carbons (Fsp3) is 0.273. The maximum Gasteiger partial charge on any atom is 0.250 e. The molecule has 0 radical (unpaired) electrons. The molecule has 17 heavy (non-hydrogen) atoms. The SMILES string of the molecule is O=C(Nc1cnc(-n2cccn2)nc1)C1CC1. The molecular weight excluding hydrogens is 218 g/mol. The molecule has 0 atom stereocenters. The maximum absolute atomic E-state index is 11.5. The quantitative estimate of drug-likeness (QED) is 0.852. The van der Waals surface area contributed by atoms with Gasteiger partial charge in [0.05, 0.1) is 18.1 Å². The van der Waals surface area contributed by atoms with Gasteiger partial charge in [-0.3, -0.25) is 4.79 Å². The number of rotatable bonds is 3. The fourth-order valence-corrected chi connectivity index (χ4v) is 1.48. The van der Waals surface area contributed by atoms with Gasteiger partial charge in [0, 0.05) is 18.3 Å². The Morgan fingerprint density at radius 1 is 1.35 bits per heavy atom. The molecule has 1 aliphatic rings. The Kier molecular flexibility index (Phi) is 2.32. The van der Waals surface area contributed by atoms with E-state index in [9.17, 15) is 4.79 Å². The molecule has 0 saturated heterocycles. The van der Waals surface area contributed by atoms with Gasteiger partial charge in [0.25, 0.3) is 5.95 Å². The Morgan fingerprint density at radius 2 is 2.12 bits per heavy atom. The first-order valence-corrected chi connectivity index (χ1v) is 5.46. The lowest BCUT2D eigenvalue weighted by molar-refractivity contribution is -0.117. The summed E-state index contributed by atoms with van der Waals surface area (Å²) >= 11 is 0. The Labute approximate surface area is 97.7 Å². The highest BCUT2D eigenvalue weighted by Crippen LogP contribution is 2.29. The van der Waals surface area contributed by atoms with E-state index in [4.69, 9.17) is 0 Å². The summed E-state index contributed by atoms with van der Waals surface area (Å²) in [7, 11) is 0. The largest absolute Gasteiger partial charge is 0.323 e. The molecule has 6 heteroatoms. The normalized spacial score (nSPS) is 14.6. The molecule has 2 heterocycles. The van der Waals surface area contributed by atoms with Crippen molar-refractivity contribution in [2.24, 2.45) is 5.92 Å². The molecule has 2 aromatic rings. The predicted molar refractivity (Wildman–Crippen MR) is 60.5 cm³/mol. The number of aromatic nitrogens is 4. The minimum Gasteiger partial charge on any atom is -0.323 e. The lowest BCUT2D eigenvalue weighted by Gasteiger charge is -2.04. The Balaban J connectivity index is 1.73. The van der Waals surface area contributed by atoms with Crippen LogP contribution in [0.4, 0.5) is 5.69 Å². The van der Waals surface area contributed by atoms with Crippen LogP contribution in [0.3, 0.4) is 0 Å². The van der Waals surface area contributed by atoms with Crippen molar-refractivity contribution in [1.29, 1.82) is 0 Å². The van der Waals surface area contributed by atoms with Crippen LogP contribution in [0.25, 0.3) is 5.95 Å². The van der Waals surface area contributed by atoms with Crippen molar-refractivity contribution in [3.05, 3.63) is 30.9 Å². The van der Waals surface area contributed by atoms with Crippen LogP contribution < -0.4 is 5.32 Å². The van der Waals surface area contributed by atoms with E-state index in [1.807, 2.05) is 0 Å². The molecule has 6 nitrogen and oxygen atoms in total. The van der Waals surface area contributed by atoms with Gasteiger partial charge in [-0.05, 0) is 18.9 Å². The van der Waals surface area contributed by atoms with Crippen LogP contribution >= 0.6 is 0 Å². The minimum atomic E-state index is 0.0560. The summed E-state index contributed by atoms with van der Waals surface area (Å²) in [5.74, 6) is 0.723. The van der Waals surface area contributed by atoms with Crippen LogP contribution in [-0.2, 0) is 4.79 Å². The van der Waals surface area contributed by atoms with E-state index in [0.29, 0.717) is 11.6 Å². The summed E-state index contributed by atoms with van der Waals surface area (Å²) in [4.78, 5) is 19.8. The predicted octanol–water partition coefficient (Wildman–Crippen LogP) is 1.01. The molecule has 0 bridgehead atoms. The van der Waals surface area contributed by atoms with Crippen molar-refractivity contribution in [3.63, 3.8) is 0 Å². The zero-order valence-electron chi connectivity index (χ0n) is 9.08. The van der Waals surface area contributed by atoms with Gasteiger partial charge >= 0.3 is 0 Å². The summed E-state index contributed by atoms with van der Waals surface area (Å²) < 4.78 is 1.56. The lowest BCUT2D eigenvalue weighted by Crippen LogP contribution is -2.14. The standard InChI is InChI=1S/C11H11N5O/c17-10(8-2-3-8)15-9-6-12-11(13-7-9)16-5-1-4-14-16/h1,4-8H,2-3H2,(H,15,17). The molecule has 3 rings (SSSR count). The molecule has 0 aliphatic heterocycles. The summed E-state index contributed by atoms with van der Waals surface area (Å²) in [6, 6.07) is 1.80. The number of carbonyl (C=O) groups excluding carboxylic acids is 1. The third-order valence-corrected chi connectivity index (χ3v) is 2.56. The van der Waals surface area contributed by atoms with E-state index in [-0.39, 0.29) is 11.8 Å². The van der Waals surface area contributed by atoms with Crippen LogP contribution in [0.1, 0.15) is 12.8 Å². The van der Waals surface area contributed by atoms with Crippen molar-refractivity contribution in [1.82, 2.24) is 19.7 Å².